The van der Waals surface area contributed by atoms with E-state index in [1.165, 1.54) is 4.90 Å². The lowest BCUT2D eigenvalue weighted by Gasteiger charge is -2.45. The zero-order valence-corrected chi connectivity index (χ0v) is 33.8. The maximum atomic E-state index is 14.1. The smallest absolute Gasteiger partial charge is 0.411 e. The van der Waals surface area contributed by atoms with Crippen LogP contribution in [-0.4, -0.2) is 103 Å². The highest BCUT2D eigenvalue weighted by atomic mass is 32.2. The van der Waals surface area contributed by atoms with Gasteiger partial charge in [0.15, 0.2) is 22.4 Å². The molecule has 0 spiro atoms. The number of ether oxygens (including phenoxy) is 3. The molecule has 16 heteroatoms. The highest BCUT2D eigenvalue weighted by Gasteiger charge is 2.62. The maximum Gasteiger partial charge on any atom is 0.411 e. The number of hydrogen-bond donors (Lipinski definition) is 0. The summed E-state index contributed by atoms with van der Waals surface area (Å²) in [5, 5.41) is 3.47. The van der Waals surface area contributed by atoms with Crippen molar-refractivity contribution in [1.82, 2.24) is 4.90 Å². The van der Waals surface area contributed by atoms with Gasteiger partial charge in [0.05, 0.1) is 31.1 Å². The Bertz CT molecular complexity index is 1240. The van der Waals surface area contributed by atoms with E-state index in [1.807, 2.05) is 0 Å². The lowest BCUT2D eigenvalue weighted by molar-refractivity contribution is -0.172. The minimum Gasteiger partial charge on any atom is -0.444 e. The molecule has 46 heavy (non-hydrogen) atoms. The maximum absolute atomic E-state index is 14.1. The SMILES string of the molecule is CC(C)(C)OC(=O)N1[C@@H]([C@@H](C[C@@H](CO[Si](C)(C)C(C)(C)C)OS(C)(=O)=O)O[Si](C)(C)C(C)(C)C)[C@H]2OC(C)(C)O[C@H]2[C@@H]1CN=[N+]=[N-]. The van der Waals surface area contributed by atoms with Gasteiger partial charge in [-0.15, -0.1) is 0 Å². The summed E-state index contributed by atoms with van der Waals surface area (Å²) in [6.45, 7) is 29.8. The highest BCUT2D eigenvalue weighted by Crippen LogP contribution is 2.46. The number of fused-ring (bicyclic) bond motifs is 1. The second kappa shape index (κ2) is 13.9. The molecule has 0 saturated carbocycles. The molecule has 2 aliphatic heterocycles. The van der Waals surface area contributed by atoms with Crippen LogP contribution in [0, 0.1) is 0 Å². The van der Waals surface area contributed by atoms with E-state index in [-0.39, 0.29) is 29.6 Å². The first-order valence-corrected chi connectivity index (χ1v) is 23.6. The van der Waals surface area contributed by atoms with Gasteiger partial charge in [-0.25, -0.2) is 4.79 Å². The standard InChI is InChI=1S/C30H60N4O9SSi2/c1-27(2,3)41-26(35)34-21(18-32-33-31)24-25(40-30(10,11)39-24)23(34)22(43-46(15,16)29(7,8)9)17-20(42-44(12,36)37)19-38-45(13,14)28(4,5)6/h20-25H,17-19H2,1-16H3/t20-,21-,22+,23-,24-,25+/m0/s1. The fraction of sp³-hybridized carbons (Fsp3) is 0.967. The largest absolute Gasteiger partial charge is 0.444 e. The van der Waals surface area contributed by atoms with Gasteiger partial charge in [-0.3, -0.25) is 9.08 Å². The summed E-state index contributed by atoms with van der Waals surface area (Å²) >= 11 is 0. The lowest BCUT2D eigenvalue weighted by atomic mass is 9.99. The van der Waals surface area contributed by atoms with Gasteiger partial charge in [0.25, 0.3) is 10.1 Å². The van der Waals surface area contributed by atoms with E-state index in [2.05, 4.69) is 77.8 Å². The van der Waals surface area contributed by atoms with E-state index in [9.17, 15) is 18.7 Å². The molecule has 0 N–H and O–H groups in total. The van der Waals surface area contributed by atoms with Crippen LogP contribution in [0.15, 0.2) is 5.11 Å². The lowest BCUT2D eigenvalue weighted by Crippen LogP contribution is -2.58. The van der Waals surface area contributed by atoms with Crippen LogP contribution in [0.25, 0.3) is 10.4 Å². The second-order valence-corrected chi connectivity index (χ2v) is 28.2. The molecular weight excluding hydrogens is 649 g/mol. The normalized spacial score (nSPS) is 25.5. The molecule has 2 heterocycles. The highest BCUT2D eigenvalue weighted by molar-refractivity contribution is 7.86. The molecule has 2 fully saturated rings. The predicted molar refractivity (Wildman–Crippen MR) is 183 cm³/mol. The van der Waals surface area contributed by atoms with Crippen LogP contribution in [0.4, 0.5) is 4.79 Å². The summed E-state index contributed by atoms with van der Waals surface area (Å²) in [4.78, 5) is 18.5. The summed E-state index contributed by atoms with van der Waals surface area (Å²) in [6, 6.07) is -1.53. The van der Waals surface area contributed by atoms with Crippen molar-refractivity contribution < 1.29 is 40.5 Å². The Morgan fingerprint density at radius 1 is 0.978 bits per heavy atom. The van der Waals surface area contributed by atoms with Crippen LogP contribution >= 0.6 is 0 Å². The van der Waals surface area contributed by atoms with E-state index in [0.29, 0.717) is 0 Å². The van der Waals surface area contributed by atoms with Gasteiger partial charge in [-0.05, 0) is 76.4 Å². The third kappa shape index (κ3) is 10.6. The average molecular weight is 709 g/mol. The monoisotopic (exact) mass is 708 g/mol. The molecule has 2 saturated heterocycles. The topological polar surface area (TPSA) is 159 Å². The third-order valence-electron chi connectivity index (χ3n) is 9.37. The fourth-order valence-electron chi connectivity index (χ4n) is 5.16. The molecule has 2 aliphatic rings. The molecule has 0 aromatic rings. The number of carbonyl (C=O) groups excluding carboxylic acids is 1. The molecule has 268 valence electrons. The van der Waals surface area contributed by atoms with E-state index in [1.54, 1.807) is 34.6 Å². The van der Waals surface area contributed by atoms with Gasteiger partial charge >= 0.3 is 6.09 Å². The minimum absolute atomic E-state index is 0.0131. The first-order chi connectivity index (χ1) is 20.4. The molecule has 13 nitrogen and oxygen atoms in total. The van der Waals surface area contributed by atoms with E-state index >= 15 is 0 Å². The quantitative estimate of drug-likeness (QED) is 0.0687. The first kappa shape index (κ1) is 40.9. The predicted octanol–water partition coefficient (Wildman–Crippen LogP) is 6.95. The van der Waals surface area contributed by atoms with Crippen LogP contribution in [0.3, 0.4) is 0 Å². The molecule has 6 atom stereocenters. The zero-order valence-electron chi connectivity index (χ0n) is 31.0. The van der Waals surface area contributed by atoms with Gasteiger partial charge in [0.2, 0.25) is 0 Å². The Labute approximate surface area is 279 Å². The van der Waals surface area contributed by atoms with Crippen molar-refractivity contribution in [1.29, 1.82) is 0 Å². The number of hydrogen-bond acceptors (Lipinski definition) is 10. The minimum atomic E-state index is -3.91. The Kier molecular flexibility index (Phi) is 12.4. The van der Waals surface area contributed by atoms with Crippen molar-refractivity contribution in [2.45, 2.75) is 167 Å². The van der Waals surface area contributed by atoms with E-state index < -0.39 is 80.7 Å². The number of rotatable bonds is 12. The van der Waals surface area contributed by atoms with Gasteiger partial charge in [0, 0.05) is 17.9 Å². The molecule has 0 aromatic carbocycles. The van der Waals surface area contributed by atoms with Crippen LogP contribution < -0.4 is 0 Å². The summed E-state index contributed by atoms with van der Waals surface area (Å²) in [5.41, 5.74) is 8.42. The number of carbonyl (C=O) groups is 1. The molecular formula is C30H60N4O9SSi2. The van der Waals surface area contributed by atoms with Crippen molar-refractivity contribution >= 4 is 32.8 Å². The van der Waals surface area contributed by atoms with Crippen molar-refractivity contribution in [3.05, 3.63) is 10.4 Å². The van der Waals surface area contributed by atoms with Gasteiger partial charge in [0.1, 0.15) is 23.9 Å². The molecule has 1 amide bonds. The summed E-state index contributed by atoms with van der Waals surface area (Å²) in [7, 11) is -8.80. The molecule has 0 unspecified atom stereocenters. The molecule has 0 radical (unpaired) electrons. The summed E-state index contributed by atoms with van der Waals surface area (Å²) in [5.74, 6) is -1.00. The third-order valence-corrected chi connectivity index (χ3v) is 19.0. The number of azide groups is 1. The van der Waals surface area contributed by atoms with Gasteiger partial charge in [-0.1, -0.05) is 46.7 Å². The first-order valence-electron chi connectivity index (χ1n) is 16.0. The summed E-state index contributed by atoms with van der Waals surface area (Å²) < 4.78 is 63.2. The van der Waals surface area contributed by atoms with Crippen LogP contribution in [0.2, 0.25) is 36.3 Å². The fourth-order valence-corrected chi connectivity index (χ4v) is 8.17. The molecule has 0 aromatic heterocycles. The van der Waals surface area contributed by atoms with E-state index in [0.717, 1.165) is 6.26 Å². The Balaban J connectivity index is 2.77. The molecule has 0 bridgehead atoms. The van der Waals surface area contributed by atoms with Crippen LogP contribution in [0.5, 0.6) is 0 Å². The Morgan fingerprint density at radius 2 is 1.50 bits per heavy atom. The Hall–Kier alpha value is -1.24. The van der Waals surface area contributed by atoms with E-state index in [4.69, 9.17) is 27.2 Å². The number of likely N-dealkylation sites (tertiary alicyclic amines) is 1. The van der Waals surface area contributed by atoms with Crippen molar-refractivity contribution in [3.63, 3.8) is 0 Å². The van der Waals surface area contributed by atoms with Gasteiger partial charge in [-0.2, -0.15) is 8.42 Å². The summed E-state index contributed by atoms with van der Waals surface area (Å²) in [6.07, 6.45) is -2.64. The van der Waals surface area contributed by atoms with Crippen LogP contribution in [-0.2, 0) is 37.4 Å². The number of nitrogens with zero attached hydrogens (tertiary/aromatic N) is 4. The zero-order chi connectivity index (χ0) is 35.9. The van der Waals surface area contributed by atoms with Gasteiger partial charge < -0.3 is 23.1 Å². The molecule has 2 rings (SSSR count). The average Bonchev–Trinajstić information content (AvgIpc) is 3.27. The van der Waals surface area contributed by atoms with Crippen molar-refractivity contribution in [2.75, 3.05) is 19.4 Å². The van der Waals surface area contributed by atoms with Crippen molar-refractivity contribution in [2.24, 2.45) is 5.11 Å². The number of amides is 1. The Morgan fingerprint density at radius 3 is 1.96 bits per heavy atom. The van der Waals surface area contributed by atoms with Crippen LogP contribution in [0.1, 0.15) is 82.6 Å². The molecule has 0 aliphatic carbocycles. The van der Waals surface area contributed by atoms with Crippen molar-refractivity contribution in [3.8, 4) is 0 Å². The second-order valence-electron chi connectivity index (χ2n) is 17.1.